The van der Waals surface area contributed by atoms with Gasteiger partial charge in [0.1, 0.15) is 5.82 Å². The van der Waals surface area contributed by atoms with Gasteiger partial charge in [-0.15, -0.1) is 10.2 Å². The second-order valence-electron chi connectivity index (χ2n) is 7.74. The van der Waals surface area contributed by atoms with Crippen molar-refractivity contribution < 1.29 is 9.18 Å². The van der Waals surface area contributed by atoms with Crippen LogP contribution in [0.3, 0.4) is 0 Å². The van der Waals surface area contributed by atoms with Crippen LogP contribution in [0.5, 0.6) is 0 Å². The summed E-state index contributed by atoms with van der Waals surface area (Å²) in [6.45, 7) is 3.17. The summed E-state index contributed by atoms with van der Waals surface area (Å²) in [6, 6.07) is 13.6. The van der Waals surface area contributed by atoms with Crippen LogP contribution in [0.15, 0.2) is 53.7 Å². The van der Waals surface area contributed by atoms with E-state index in [0.29, 0.717) is 23.3 Å². The zero-order chi connectivity index (χ0) is 22.3. The molecule has 6 nitrogen and oxygen atoms in total. The van der Waals surface area contributed by atoms with E-state index in [1.54, 1.807) is 24.3 Å². The van der Waals surface area contributed by atoms with Crippen LogP contribution < -0.4 is 5.32 Å². The summed E-state index contributed by atoms with van der Waals surface area (Å²) in [6.07, 6.45) is 3.62. The topological polar surface area (TPSA) is 63.1 Å². The molecule has 32 heavy (non-hydrogen) atoms. The Hall–Kier alpha value is -2.42. The van der Waals surface area contributed by atoms with Gasteiger partial charge in [-0.25, -0.2) is 4.39 Å². The van der Waals surface area contributed by atoms with E-state index in [0.717, 1.165) is 30.2 Å². The summed E-state index contributed by atoms with van der Waals surface area (Å²) in [7, 11) is 0. The van der Waals surface area contributed by atoms with Crippen molar-refractivity contribution in [2.45, 2.75) is 37.5 Å². The third-order valence-electron chi connectivity index (χ3n) is 5.33. The number of rotatable bonds is 8. The highest BCUT2D eigenvalue weighted by molar-refractivity contribution is 7.99. The van der Waals surface area contributed by atoms with Crippen molar-refractivity contribution in [2.24, 2.45) is 0 Å². The molecule has 1 saturated heterocycles. The number of likely N-dealkylation sites (tertiary alicyclic amines) is 1. The van der Waals surface area contributed by atoms with Crippen LogP contribution in [0, 0.1) is 5.82 Å². The summed E-state index contributed by atoms with van der Waals surface area (Å²) in [5.41, 5.74) is 1.76. The number of nitrogens with one attached hydrogen (secondary N) is 1. The Morgan fingerprint density at radius 2 is 1.75 bits per heavy atom. The molecule has 0 aliphatic carbocycles. The average molecular weight is 474 g/mol. The molecule has 9 heteroatoms. The summed E-state index contributed by atoms with van der Waals surface area (Å²) >= 11 is 7.22. The van der Waals surface area contributed by atoms with Crippen molar-refractivity contribution in [1.82, 2.24) is 25.0 Å². The number of hydrogen-bond acceptors (Lipinski definition) is 5. The highest BCUT2D eigenvalue weighted by atomic mass is 35.5. The van der Waals surface area contributed by atoms with Crippen molar-refractivity contribution in [1.29, 1.82) is 0 Å². The minimum atomic E-state index is -0.296. The number of benzene rings is 2. The number of piperidine rings is 1. The van der Waals surface area contributed by atoms with E-state index in [1.165, 1.54) is 43.2 Å². The van der Waals surface area contributed by atoms with Crippen molar-refractivity contribution >= 4 is 29.3 Å². The van der Waals surface area contributed by atoms with Crippen molar-refractivity contribution in [3.05, 3.63) is 70.8 Å². The number of thioether (sulfide) groups is 1. The molecule has 0 bridgehead atoms. The Bertz CT molecular complexity index is 1040. The van der Waals surface area contributed by atoms with Gasteiger partial charge in [0, 0.05) is 17.3 Å². The third kappa shape index (κ3) is 6.09. The largest absolute Gasteiger partial charge is 0.351 e. The molecule has 1 aliphatic rings. The van der Waals surface area contributed by atoms with Gasteiger partial charge in [-0.05, 0) is 67.9 Å². The van der Waals surface area contributed by atoms with E-state index in [-0.39, 0.29) is 17.5 Å². The second kappa shape index (κ2) is 10.9. The molecule has 0 saturated carbocycles. The zero-order valence-corrected chi connectivity index (χ0v) is 19.2. The van der Waals surface area contributed by atoms with E-state index < -0.39 is 0 Å². The standard InChI is InChI=1S/C23H25ClFN5OS/c24-18-6-4-17(5-7-18)14-26-22(31)16-32-23-28-27-21(15-29-12-2-1-3-13-29)30(23)20-10-8-19(25)9-11-20/h4-11H,1-3,12-16H2,(H,26,31). The quantitative estimate of drug-likeness (QED) is 0.489. The van der Waals surface area contributed by atoms with Crippen molar-refractivity contribution in [3.63, 3.8) is 0 Å². The highest BCUT2D eigenvalue weighted by Crippen LogP contribution is 2.24. The minimum Gasteiger partial charge on any atom is -0.351 e. The van der Waals surface area contributed by atoms with Crippen LogP contribution in [-0.4, -0.2) is 44.4 Å². The van der Waals surface area contributed by atoms with Gasteiger partial charge >= 0.3 is 0 Å². The Morgan fingerprint density at radius 3 is 2.47 bits per heavy atom. The zero-order valence-electron chi connectivity index (χ0n) is 17.6. The number of hydrogen-bond donors (Lipinski definition) is 1. The summed E-state index contributed by atoms with van der Waals surface area (Å²) < 4.78 is 15.4. The van der Waals surface area contributed by atoms with Gasteiger partial charge in [-0.3, -0.25) is 14.3 Å². The van der Waals surface area contributed by atoms with Gasteiger partial charge in [0.25, 0.3) is 0 Å². The first-order valence-electron chi connectivity index (χ1n) is 10.6. The summed E-state index contributed by atoms with van der Waals surface area (Å²) in [4.78, 5) is 14.8. The summed E-state index contributed by atoms with van der Waals surface area (Å²) in [5, 5.41) is 12.9. The van der Waals surface area contributed by atoms with Crippen LogP contribution in [0.1, 0.15) is 30.7 Å². The van der Waals surface area contributed by atoms with Gasteiger partial charge in [-0.2, -0.15) is 0 Å². The number of aromatic nitrogens is 3. The van der Waals surface area contributed by atoms with Gasteiger partial charge in [0.2, 0.25) is 5.91 Å². The van der Waals surface area contributed by atoms with E-state index in [2.05, 4.69) is 20.4 Å². The molecule has 1 aliphatic heterocycles. The van der Waals surface area contributed by atoms with E-state index in [9.17, 15) is 9.18 Å². The molecule has 0 radical (unpaired) electrons. The van der Waals surface area contributed by atoms with Crippen LogP contribution >= 0.6 is 23.4 Å². The SMILES string of the molecule is O=C(CSc1nnc(CN2CCCCC2)n1-c1ccc(F)cc1)NCc1ccc(Cl)cc1. The van der Waals surface area contributed by atoms with Crippen molar-refractivity contribution in [3.8, 4) is 5.69 Å². The van der Waals surface area contributed by atoms with Gasteiger partial charge in [-0.1, -0.05) is 41.9 Å². The van der Waals surface area contributed by atoms with Crippen LogP contribution in [-0.2, 0) is 17.9 Å². The molecule has 4 rings (SSSR count). The molecule has 0 unspecified atom stereocenters. The molecule has 3 aromatic rings. The number of carbonyl (C=O) groups is 1. The molecular weight excluding hydrogens is 449 g/mol. The van der Waals surface area contributed by atoms with Crippen LogP contribution in [0.25, 0.3) is 5.69 Å². The monoisotopic (exact) mass is 473 g/mol. The van der Waals surface area contributed by atoms with Crippen molar-refractivity contribution in [2.75, 3.05) is 18.8 Å². The Balaban J connectivity index is 1.44. The number of carbonyl (C=O) groups excluding carboxylic acids is 1. The van der Waals surface area contributed by atoms with E-state index >= 15 is 0 Å². The maximum Gasteiger partial charge on any atom is 0.230 e. The van der Waals surface area contributed by atoms with Gasteiger partial charge < -0.3 is 5.32 Å². The molecule has 2 heterocycles. The lowest BCUT2D eigenvalue weighted by Gasteiger charge is -2.26. The Kier molecular flexibility index (Phi) is 7.78. The molecule has 1 amide bonds. The van der Waals surface area contributed by atoms with Crippen LogP contribution in [0.2, 0.25) is 5.02 Å². The molecule has 1 N–H and O–H groups in total. The minimum absolute atomic E-state index is 0.101. The molecular formula is C23H25ClFN5OS. The van der Waals surface area contributed by atoms with E-state index in [4.69, 9.17) is 11.6 Å². The maximum atomic E-state index is 13.5. The van der Waals surface area contributed by atoms with Gasteiger partial charge in [0.15, 0.2) is 11.0 Å². The Labute approximate surface area is 196 Å². The molecule has 0 spiro atoms. The lowest BCUT2D eigenvalue weighted by molar-refractivity contribution is -0.118. The molecule has 2 aromatic carbocycles. The third-order valence-corrected chi connectivity index (χ3v) is 6.52. The smallest absolute Gasteiger partial charge is 0.230 e. The first-order valence-corrected chi connectivity index (χ1v) is 12.0. The van der Waals surface area contributed by atoms with E-state index in [1.807, 2.05) is 16.7 Å². The fourth-order valence-electron chi connectivity index (χ4n) is 3.65. The number of halogens is 2. The second-order valence-corrected chi connectivity index (χ2v) is 9.12. The average Bonchev–Trinajstić information content (AvgIpc) is 3.21. The molecule has 1 aromatic heterocycles. The predicted octanol–water partition coefficient (Wildman–Crippen LogP) is 4.45. The first-order chi connectivity index (χ1) is 15.6. The molecule has 0 atom stereocenters. The molecule has 168 valence electrons. The number of amides is 1. The predicted molar refractivity (Wildman–Crippen MR) is 124 cm³/mol. The first kappa shape index (κ1) is 22.8. The maximum absolute atomic E-state index is 13.5. The Morgan fingerprint density at radius 1 is 1.03 bits per heavy atom. The lowest BCUT2D eigenvalue weighted by atomic mass is 10.1. The fraction of sp³-hybridized carbons (Fsp3) is 0.348. The molecule has 1 fully saturated rings. The van der Waals surface area contributed by atoms with Crippen LogP contribution in [0.4, 0.5) is 4.39 Å². The number of nitrogens with zero attached hydrogens (tertiary/aromatic N) is 4. The fourth-order valence-corrected chi connectivity index (χ4v) is 4.57. The lowest BCUT2D eigenvalue weighted by Crippen LogP contribution is -2.30. The normalized spacial score (nSPS) is 14.4. The summed E-state index contributed by atoms with van der Waals surface area (Å²) in [5.74, 6) is 0.602. The highest BCUT2D eigenvalue weighted by Gasteiger charge is 2.19. The van der Waals surface area contributed by atoms with Gasteiger partial charge in [0.05, 0.1) is 12.3 Å².